The summed E-state index contributed by atoms with van der Waals surface area (Å²) < 4.78 is 79.8. The molecule has 0 radical (unpaired) electrons. The van der Waals surface area contributed by atoms with E-state index < -0.39 is 29.4 Å². The summed E-state index contributed by atoms with van der Waals surface area (Å²) in [5.74, 6) is -0.816. The summed E-state index contributed by atoms with van der Waals surface area (Å²) in [4.78, 5) is 21.0. The van der Waals surface area contributed by atoms with Crippen LogP contribution in [0, 0.1) is 0 Å². The molecule has 0 bridgehead atoms. The van der Waals surface area contributed by atoms with Crippen molar-refractivity contribution >= 4 is 17.7 Å². The number of aromatic nitrogens is 4. The minimum Gasteiger partial charge on any atom is -0.366 e. The summed E-state index contributed by atoms with van der Waals surface area (Å²) in [5, 5.41) is 4.34. The van der Waals surface area contributed by atoms with E-state index in [9.17, 15) is 31.1 Å². The Morgan fingerprint density at radius 1 is 0.714 bits per heavy atom. The number of nitrogens with zero attached hydrogens (tertiary/aromatic N) is 4. The van der Waals surface area contributed by atoms with E-state index in [-0.39, 0.29) is 28.3 Å². The molecule has 12 heteroatoms. The van der Waals surface area contributed by atoms with Crippen molar-refractivity contribution in [2.75, 3.05) is 0 Å². The van der Waals surface area contributed by atoms with Gasteiger partial charge in [-0.2, -0.15) is 26.3 Å². The third-order valence-corrected chi connectivity index (χ3v) is 6.28. The van der Waals surface area contributed by atoms with Crippen LogP contribution in [-0.2, 0) is 17.1 Å². The van der Waals surface area contributed by atoms with Crippen LogP contribution in [0.3, 0.4) is 0 Å². The first-order valence-corrected chi connectivity index (χ1v) is 12.2. The van der Waals surface area contributed by atoms with Crippen LogP contribution in [-0.4, -0.2) is 25.7 Å². The van der Waals surface area contributed by atoms with Crippen LogP contribution >= 0.6 is 0 Å². The number of rotatable bonds is 6. The molecule has 5 aromatic rings. The van der Waals surface area contributed by atoms with Gasteiger partial charge < -0.3 is 5.73 Å². The molecular weight excluding hydrogens is 560 g/mol. The van der Waals surface area contributed by atoms with Crippen LogP contribution in [0.2, 0.25) is 0 Å². The molecule has 2 aromatic heterocycles. The van der Waals surface area contributed by atoms with Crippen LogP contribution in [0.25, 0.3) is 45.7 Å². The Bertz CT molecular complexity index is 1740. The number of hydrogen-bond donors (Lipinski definition) is 1. The van der Waals surface area contributed by atoms with Gasteiger partial charge in [0.1, 0.15) is 0 Å². The van der Waals surface area contributed by atoms with Crippen molar-refractivity contribution in [1.82, 2.24) is 19.7 Å². The Morgan fingerprint density at radius 2 is 1.26 bits per heavy atom. The summed E-state index contributed by atoms with van der Waals surface area (Å²) in [6.45, 7) is 0. The van der Waals surface area contributed by atoms with Crippen LogP contribution < -0.4 is 5.73 Å². The molecule has 1 amide bonds. The van der Waals surface area contributed by atoms with Gasteiger partial charge in [0.2, 0.25) is 0 Å². The lowest BCUT2D eigenvalue weighted by molar-refractivity contribution is -0.138. The normalized spacial score (nSPS) is 12.4. The third-order valence-electron chi connectivity index (χ3n) is 6.28. The van der Waals surface area contributed by atoms with Crippen molar-refractivity contribution in [3.05, 3.63) is 114 Å². The Hall–Kier alpha value is -5.26. The molecule has 2 N–H and O–H groups in total. The second-order valence-corrected chi connectivity index (χ2v) is 9.08. The summed E-state index contributed by atoms with van der Waals surface area (Å²) in [6.07, 6.45) is -4.54. The molecule has 42 heavy (non-hydrogen) atoms. The fraction of sp³-hybridized carbons (Fsp3) is 0.0667. The molecule has 212 valence electrons. The Kier molecular flexibility index (Phi) is 7.38. The number of carbonyl (C=O) groups is 1. The fourth-order valence-electron chi connectivity index (χ4n) is 4.13. The van der Waals surface area contributed by atoms with Gasteiger partial charge in [-0.15, -0.1) is 5.10 Å². The largest absolute Gasteiger partial charge is 0.416 e. The van der Waals surface area contributed by atoms with Crippen LogP contribution in [0.4, 0.5) is 26.3 Å². The van der Waals surface area contributed by atoms with Gasteiger partial charge in [-0.3, -0.25) is 9.78 Å². The lowest BCUT2D eigenvalue weighted by Crippen LogP contribution is -2.14. The fourth-order valence-corrected chi connectivity index (χ4v) is 4.13. The van der Waals surface area contributed by atoms with Gasteiger partial charge in [0.25, 0.3) is 5.91 Å². The van der Waals surface area contributed by atoms with Gasteiger partial charge in [0.05, 0.1) is 16.7 Å². The van der Waals surface area contributed by atoms with Crippen LogP contribution in [0.5, 0.6) is 0 Å². The Morgan fingerprint density at radius 3 is 1.76 bits per heavy atom. The first-order valence-electron chi connectivity index (χ1n) is 12.2. The molecular formula is C30H19F6N5O. The molecule has 0 spiro atoms. The topological polar surface area (TPSA) is 86.7 Å². The molecule has 6 nitrogen and oxygen atoms in total. The van der Waals surface area contributed by atoms with Gasteiger partial charge in [-0.05, 0) is 47.0 Å². The lowest BCUT2D eigenvalue weighted by Gasteiger charge is -2.09. The highest BCUT2D eigenvalue weighted by Gasteiger charge is 2.31. The summed E-state index contributed by atoms with van der Waals surface area (Å²) in [6, 6.07) is 18.6. The Balaban J connectivity index is 1.60. The van der Waals surface area contributed by atoms with Gasteiger partial charge in [0, 0.05) is 29.7 Å². The smallest absolute Gasteiger partial charge is 0.366 e. The second-order valence-electron chi connectivity index (χ2n) is 9.08. The van der Waals surface area contributed by atoms with Crippen LogP contribution in [0.1, 0.15) is 16.7 Å². The van der Waals surface area contributed by atoms with Crippen molar-refractivity contribution in [2.45, 2.75) is 12.4 Å². The molecule has 0 atom stereocenters. The van der Waals surface area contributed by atoms with Crippen LogP contribution in [0.15, 0.2) is 97.3 Å². The highest BCUT2D eigenvalue weighted by atomic mass is 19.4. The first kappa shape index (κ1) is 28.3. The van der Waals surface area contributed by atoms with Crippen molar-refractivity contribution in [3.8, 4) is 33.9 Å². The molecule has 0 saturated carbocycles. The van der Waals surface area contributed by atoms with E-state index >= 15 is 0 Å². The van der Waals surface area contributed by atoms with Gasteiger partial charge in [-0.25, -0.2) is 9.67 Å². The third kappa shape index (κ3) is 6.07. The van der Waals surface area contributed by atoms with Crippen molar-refractivity contribution in [1.29, 1.82) is 0 Å². The molecule has 0 saturated heterocycles. The van der Waals surface area contributed by atoms with Gasteiger partial charge in [0.15, 0.2) is 11.6 Å². The van der Waals surface area contributed by atoms with Crippen molar-refractivity contribution < 1.29 is 31.1 Å². The number of carbonyl (C=O) groups excluding carboxylic acids is 1. The summed E-state index contributed by atoms with van der Waals surface area (Å²) in [7, 11) is 0. The highest BCUT2D eigenvalue weighted by Crippen LogP contribution is 2.33. The summed E-state index contributed by atoms with van der Waals surface area (Å²) in [5.41, 5.74) is 6.44. The average Bonchev–Trinajstić information content (AvgIpc) is 3.39. The number of amides is 1. The maximum atomic E-state index is 13.2. The van der Waals surface area contributed by atoms with E-state index in [1.807, 2.05) is 6.07 Å². The maximum Gasteiger partial charge on any atom is 0.416 e. The van der Waals surface area contributed by atoms with E-state index in [0.29, 0.717) is 5.56 Å². The van der Waals surface area contributed by atoms with E-state index in [1.54, 1.807) is 42.7 Å². The molecule has 3 aromatic carbocycles. The highest BCUT2D eigenvalue weighted by molar-refractivity contribution is 6.22. The predicted molar refractivity (Wildman–Crippen MR) is 144 cm³/mol. The van der Waals surface area contributed by atoms with Crippen molar-refractivity contribution in [2.24, 2.45) is 5.73 Å². The number of primary amides is 1. The van der Waals surface area contributed by atoms with Gasteiger partial charge >= 0.3 is 12.4 Å². The Labute approximate surface area is 234 Å². The van der Waals surface area contributed by atoms with E-state index in [0.717, 1.165) is 40.1 Å². The van der Waals surface area contributed by atoms with E-state index in [2.05, 4.69) is 15.1 Å². The number of benzene rings is 3. The zero-order valence-corrected chi connectivity index (χ0v) is 21.4. The standard InChI is InChI=1S/C30H19F6N5O/c31-29(32,33)23-11-7-20(8-12-23)27-39-28(21-9-13-24(14-10-21)30(34,35)36)41(40-27)17-25(26(37)42)19-5-3-18(4-6-19)22-2-1-15-38-16-22/h1-17H,(H2,37,42). The molecule has 0 fully saturated rings. The molecule has 0 aliphatic heterocycles. The average molecular weight is 580 g/mol. The zero-order valence-electron chi connectivity index (χ0n) is 21.4. The molecule has 0 aliphatic carbocycles. The second kappa shape index (κ2) is 11.0. The first-order chi connectivity index (χ1) is 19.9. The van der Waals surface area contributed by atoms with Gasteiger partial charge in [-0.1, -0.05) is 54.6 Å². The van der Waals surface area contributed by atoms with E-state index in [4.69, 9.17) is 5.73 Å². The number of nitrogens with two attached hydrogens (primary N) is 1. The lowest BCUT2D eigenvalue weighted by atomic mass is 10.0. The SMILES string of the molecule is NC(=O)C(=Cn1nc(-c2ccc(C(F)(F)F)cc2)nc1-c1ccc(C(F)(F)F)cc1)c1ccc(-c2cccnc2)cc1. The minimum atomic E-state index is -4.57. The molecule has 0 aliphatic rings. The zero-order chi connectivity index (χ0) is 30.1. The maximum absolute atomic E-state index is 13.2. The molecule has 2 heterocycles. The van der Waals surface area contributed by atoms with E-state index in [1.165, 1.54) is 30.5 Å². The van der Waals surface area contributed by atoms with Crippen molar-refractivity contribution in [3.63, 3.8) is 0 Å². The number of hydrogen-bond acceptors (Lipinski definition) is 4. The summed E-state index contributed by atoms with van der Waals surface area (Å²) >= 11 is 0. The molecule has 5 rings (SSSR count). The predicted octanol–water partition coefficient (Wildman–Crippen LogP) is 7.20. The molecule has 0 unspecified atom stereocenters. The minimum absolute atomic E-state index is 0.00441. The monoisotopic (exact) mass is 579 g/mol. The quantitative estimate of drug-likeness (QED) is 0.170. The number of alkyl halides is 6. The number of pyridine rings is 1. The number of halogens is 6.